The van der Waals surface area contributed by atoms with Gasteiger partial charge in [0.05, 0.1) is 26.2 Å². The van der Waals surface area contributed by atoms with Crippen LogP contribution < -0.4 is 19.5 Å². The number of rotatable bonds is 4. The molecule has 0 atom stereocenters. The number of carbonyl (C=O) groups is 3. The van der Waals surface area contributed by atoms with Crippen LogP contribution in [0, 0.1) is 0 Å². The van der Waals surface area contributed by atoms with Crippen LogP contribution >= 0.6 is 0 Å². The lowest BCUT2D eigenvalue weighted by Crippen LogP contribution is -2.52. The van der Waals surface area contributed by atoms with Gasteiger partial charge in [-0.3, -0.25) is 14.4 Å². The number of ketones is 1. The quantitative estimate of drug-likeness (QED) is 0.593. The highest BCUT2D eigenvalue weighted by atomic mass is 16.5. The van der Waals surface area contributed by atoms with E-state index in [-0.39, 0.29) is 29.7 Å². The van der Waals surface area contributed by atoms with Crippen LogP contribution in [0.15, 0.2) is 42.5 Å². The second kappa shape index (κ2) is 9.14. The van der Waals surface area contributed by atoms with E-state index in [9.17, 15) is 14.4 Å². The van der Waals surface area contributed by atoms with Crippen LogP contribution in [0.5, 0.6) is 17.2 Å². The van der Waals surface area contributed by atoms with Crippen molar-refractivity contribution in [1.29, 1.82) is 0 Å². The maximum Gasteiger partial charge on any atom is 0.272 e. The number of anilines is 1. The summed E-state index contributed by atoms with van der Waals surface area (Å²) in [6, 6.07) is 12.3. The summed E-state index contributed by atoms with van der Waals surface area (Å²) in [4.78, 5) is 44.1. The SMILES string of the molecule is COc1cc(C(=O)N2CCC3(CC2)CC(=O)c2cc(NC(C)=O)ccc2O3)nc2c(OC)cccc12. The third kappa shape index (κ3) is 4.21. The molecule has 2 amide bonds. The Bertz CT molecular complexity index is 1380. The molecule has 2 aromatic carbocycles. The van der Waals surface area contributed by atoms with Gasteiger partial charge in [-0.05, 0) is 30.3 Å². The zero-order valence-electron chi connectivity index (χ0n) is 20.4. The van der Waals surface area contributed by atoms with E-state index in [0.717, 1.165) is 5.39 Å². The first-order valence-corrected chi connectivity index (χ1v) is 11.8. The number of methoxy groups -OCH3 is 2. The number of carbonyl (C=O) groups excluding carboxylic acids is 3. The normalized spacial score (nSPS) is 16.3. The fraction of sp³-hybridized carbons (Fsp3) is 0.333. The minimum Gasteiger partial charge on any atom is -0.496 e. The second-order valence-corrected chi connectivity index (χ2v) is 9.14. The van der Waals surface area contributed by atoms with Crippen molar-refractivity contribution in [1.82, 2.24) is 9.88 Å². The second-order valence-electron chi connectivity index (χ2n) is 9.14. The number of nitrogens with zero attached hydrogens (tertiary/aromatic N) is 2. The van der Waals surface area contributed by atoms with Crippen molar-refractivity contribution >= 4 is 34.2 Å². The van der Waals surface area contributed by atoms with Crippen molar-refractivity contribution in [3.8, 4) is 17.2 Å². The van der Waals surface area contributed by atoms with Crippen molar-refractivity contribution in [2.45, 2.75) is 31.8 Å². The number of pyridine rings is 1. The third-order valence-electron chi connectivity index (χ3n) is 6.79. The zero-order valence-corrected chi connectivity index (χ0v) is 20.4. The van der Waals surface area contributed by atoms with Crippen LogP contribution in [0.25, 0.3) is 10.9 Å². The largest absolute Gasteiger partial charge is 0.496 e. The van der Waals surface area contributed by atoms with E-state index in [1.54, 1.807) is 49.5 Å². The molecular formula is C27H27N3O6. The molecule has 1 saturated heterocycles. The molecule has 0 saturated carbocycles. The summed E-state index contributed by atoms with van der Waals surface area (Å²) >= 11 is 0. The molecule has 36 heavy (non-hydrogen) atoms. The molecule has 1 N–H and O–H groups in total. The first kappa shape index (κ1) is 23.6. The highest BCUT2D eigenvalue weighted by molar-refractivity contribution is 6.02. The monoisotopic (exact) mass is 489 g/mol. The number of piperidine rings is 1. The third-order valence-corrected chi connectivity index (χ3v) is 6.79. The Morgan fingerprint density at radius 2 is 1.81 bits per heavy atom. The standard InChI is InChI=1S/C27H27N3O6/c1-16(31)28-17-7-8-22-19(13-17)21(32)15-27(36-22)9-11-30(12-10-27)26(33)20-14-24(35-3)18-5-4-6-23(34-2)25(18)29-20/h4-8,13-14H,9-12,15H2,1-3H3,(H,28,31). The van der Waals surface area contributed by atoms with Crippen molar-refractivity contribution in [3.05, 3.63) is 53.7 Å². The zero-order chi connectivity index (χ0) is 25.4. The molecule has 9 nitrogen and oxygen atoms in total. The fourth-order valence-corrected chi connectivity index (χ4v) is 4.97. The van der Waals surface area contributed by atoms with E-state index in [1.807, 2.05) is 12.1 Å². The van der Waals surface area contributed by atoms with E-state index in [1.165, 1.54) is 6.92 Å². The van der Waals surface area contributed by atoms with Crippen LogP contribution in [0.3, 0.4) is 0 Å². The van der Waals surface area contributed by atoms with Crippen molar-refractivity contribution in [2.75, 3.05) is 32.6 Å². The summed E-state index contributed by atoms with van der Waals surface area (Å²) in [7, 11) is 3.12. The predicted molar refractivity (Wildman–Crippen MR) is 133 cm³/mol. The molecule has 1 aromatic heterocycles. The molecular weight excluding hydrogens is 462 g/mol. The van der Waals surface area contributed by atoms with Gasteiger partial charge < -0.3 is 24.4 Å². The summed E-state index contributed by atoms with van der Waals surface area (Å²) in [6.07, 6.45) is 1.27. The Morgan fingerprint density at radius 1 is 1.06 bits per heavy atom. The molecule has 0 aliphatic carbocycles. The van der Waals surface area contributed by atoms with Gasteiger partial charge in [-0.1, -0.05) is 6.07 Å². The van der Waals surface area contributed by atoms with Crippen LogP contribution in [-0.2, 0) is 4.79 Å². The average Bonchev–Trinajstić information content (AvgIpc) is 2.87. The maximum atomic E-state index is 13.4. The minimum atomic E-state index is -0.659. The Labute approximate surface area is 208 Å². The number of nitrogens with one attached hydrogen (secondary N) is 1. The molecule has 1 spiro atoms. The number of hydrogen-bond donors (Lipinski definition) is 1. The van der Waals surface area contributed by atoms with Gasteiger partial charge in [0, 0.05) is 50.0 Å². The van der Waals surface area contributed by atoms with Crippen molar-refractivity contribution < 1.29 is 28.6 Å². The number of hydrogen-bond acceptors (Lipinski definition) is 7. The summed E-state index contributed by atoms with van der Waals surface area (Å²) < 4.78 is 17.3. The number of Topliss-reactive ketones (excluding diaryl/α,β-unsaturated/α-hetero) is 1. The highest BCUT2D eigenvalue weighted by Gasteiger charge is 2.44. The number of amides is 2. The molecule has 1 fully saturated rings. The Hall–Kier alpha value is -4.14. The van der Waals surface area contributed by atoms with E-state index in [0.29, 0.717) is 59.9 Å². The van der Waals surface area contributed by atoms with Gasteiger partial charge in [-0.15, -0.1) is 0 Å². The van der Waals surface area contributed by atoms with E-state index >= 15 is 0 Å². The predicted octanol–water partition coefficient (Wildman–Crippen LogP) is 3.85. The van der Waals surface area contributed by atoms with Gasteiger partial charge in [-0.2, -0.15) is 0 Å². The first-order valence-electron chi connectivity index (χ1n) is 11.8. The number of para-hydroxylation sites is 1. The molecule has 3 heterocycles. The van der Waals surface area contributed by atoms with Gasteiger partial charge in [0.25, 0.3) is 5.91 Å². The van der Waals surface area contributed by atoms with Crippen molar-refractivity contribution in [3.63, 3.8) is 0 Å². The average molecular weight is 490 g/mol. The summed E-state index contributed by atoms with van der Waals surface area (Å²) in [5.74, 6) is 1.17. The lowest BCUT2D eigenvalue weighted by atomic mass is 9.82. The summed E-state index contributed by atoms with van der Waals surface area (Å²) in [5.41, 5.74) is 1.20. The van der Waals surface area contributed by atoms with Crippen molar-refractivity contribution in [2.24, 2.45) is 0 Å². The number of benzene rings is 2. The minimum absolute atomic E-state index is 0.0312. The fourth-order valence-electron chi connectivity index (χ4n) is 4.97. The van der Waals surface area contributed by atoms with E-state index < -0.39 is 5.60 Å². The molecule has 2 aliphatic heterocycles. The molecule has 5 rings (SSSR count). The number of aromatic nitrogens is 1. The lowest BCUT2D eigenvalue weighted by molar-refractivity contribution is -0.114. The summed E-state index contributed by atoms with van der Waals surface area (Å²) in [6.45, 7) is 2.28. The van der Waals surface area contributed by atoms with Gasteiger partial charge in [0.2, 0.25) is 5.91 Å². The van der Waals surface area contributed by atoms with Crippen LogP contribution in [0.1, 0.15) is 47.0 Å². The molecule has 0 unspecified atom stereocenters. The highest BCUT2D eigenvalue weighted by Crippen LogP contribution is 2.40. The topological polar surface area (TPSA) is 107 Å². The van der Waals surface area contributed by atoms with E-state index in [2.05, 4.69) is 10.3 Å². The smallest absolute Gasteiger partial charge is 0.272 e. The van der Waals surface area contributed by atoms with Gasteiger partial charge >= 0.3 is 0 Å². The summed E-state index contributed by atoms with van der Waals surface area (Å²) in [5, 5.41) is 3.46. The maximum absolute atomic E-state index is 13.4. The molecule has 2 aliphatic rings. The molecule has 3 aromatic rings. The number of fused-ring (bicyclic) bond motifs is 2. The van der Waals surface area contributed by atoms with Crippen LogP contribution in [-0.4, -0.2) is 60.4 Å². The number of ether oxygens (including phenoxy) is 3. The Balaban J connectivity index is 1.34. The Kier molecular flexibility index (Phi) is 5.99. The molecule has 0 bridgehead atoms. The van der Waals surface area contributed by atoms with Crippen LogP contribution in [0.2, 0.25) is 0 Å². The molecule has 0 radical (unpaired) electrons. The molecule has 186 valence electrons. The number of likely N-dealkylation sites (tertiary alicyclic amines) is 1. The van der Waals surface area contributed by atoms with Gasteiger partial charge in [-0.25, -0.2) is 4.98 Å². The Morgan fingerprint density at radius 3 is 2.50 bits per heavy atom. The van der Waals surface area contributed by atoms with Gasteiger partial charge in [0.1, 0.15) is 34.1 Å². The van der Waals surface area contributed by atoms with E-state index in [4.69, 9.17) is 14.2 Å². The molecule has 9 heteroatoms. The van der Waals surface area contributed by atoms with Crippen LogP contribution in [0.4, 0.5) is 5.69 Å². The lowest BCUT2D eigenvalue weighted by Gasteiger charge is -2.44. The van der Waals surface area contributed by atoms with Gasteiger partial charge in [0.15, 0.2) is 5.78 Å². The first-order chi connectivity index (χ1) is 17.3.